The first-order chi connectivity index (χ1) is 8.16. The van der Waals surface area contributed by atoms with E-state index in [1.54, 1.807) is 7.05 Å². The molecule has 2 aromatic carbocycles. The predicted molar refractivity (Wildman–Crippen MR) is 70.6 cm³/mol. The van der Waals surface area contributed by atoms with Crippen LogP contribution >= 0.6 is 0 Å². The van der Waals surface area contributed by atoms with Gasteiger partial charge >= 0.3 is 0 Å². The summed E-state index contributed by atoms with van der Waals surface area (Å²) in [5, 5.41) is 0. The second kappa shape index (κ2) is 4.72. The molecule has 0 aliphatic heterocycles. The Hall–Kier alpha value is -1.61. The van der Waals surface area contributed by atoms with Crippen LogP contribution in [-0.4, -0.2) is 11.3 Å². The third-order valence-electron chi connectivity index (χ3n) is 2.66. The van der Waals surface area contributed by atoms with Gasteiger partial charge in [0.2, 0.25) is 0 Å². The second-order valence-corrected chi connectivity index (χ2v) is 6.19. The highest BCUT2D eigenvalue weighted by molar-refractivity contribution is 7.93. The molecule has 88 valence electrons. The number of hydrogen-bond donors (Lipinski definition) is 0. The van der Waals surface area contributed by atoms with Gasteiger partial charge in [-0.2, -0.15) is 0 Å². The Morgan fingerprint density at radius 2 is 1.41 bits per heavy atom. The molecule has 0 saturated carbocycles. The van der Waals surface area contributed by atoms with Crippen LogP contribution < -0.4 is 0 Å². The maximum absolute atomic E-state index is 12.9. The van der Waals surface area contributed by atoms with Crippen molar-refractivity contribution in [3.05, 3.63) is 60.2 Å². The lowest BCUT2D eigenvalue weighted by Crippen LogP contribution is -2.01. The standard InChI is InChI=1S/C14H15NOS/c1-12-8-10-14(11-9-12)17(16,15-2)13-6-4-3-5-7-13/h3-11H,1-2H3. The predicted octanol–water partition coefficient (Wildman–Crippen LogP) is 3.51. The molecular weight excluding hydrogens is 230 g/mol. The summed E-state index contributed by atoms with van der Waals surface area (Å²) in [5.41, 5.74) is 1.15. The molecule has 2 nitrogen and oxygen atoms in total. The van der Waals surface area contributed by atoms with E-state index in [9.17, 15) is 4.21 Å². The van der Waals surface area contributed by atoms with E-state index in [4.69, 9.17) is 0 Å². The zero-order chi connectivity index (χ0) is 12.3. The molecule has 0 amide bonds. The molecule has 17 heavy (non-hydrogen) atoms. The largest absolute Gasteiger partial charge is 0.240 e. The molecule has 0 saturated heterocycles. The van der Waals surface area contributed by atoms with Gasteiger partial charge in [0.1, 0.15) is 9.73 Å². The van der Waals surface area contributed by atoms with Gasteiger partial charge in [-0.25, -0.2) is 8.57 Å². The Bertz CT molecular complexity index is 608. The molecule has 3 heteroatoms. The fraction of sp³-hybridized carbons (Fsp3) is 0.143. The van der Waals surface area contributed by atoms with Crippen molar-refractivity contribution >= 4 is 9.73 Å². The third-order valence-corrected chi connectivity index (χ3v) is 5.00. The molecule has 0 fully saturated rings. The van der Waals surface area contributed by atoms with Crippen molar-refractivity contribution < 1.29 is 4.21 Å². The smallest absolute Gasteiger partial charge is 0.104 e. The Kier molecular flexibility index (Phi) is 3.29. The lowest BCUT2D eigenvalue weighted by Gasteiger charge is -2.09. The number of aryl methyl sites for hydroxylation is 1. The van der Waals surface area contributed by atoms with E-state index in [0.717, 1.165) is 15.4 Å². The Morgan fingerprint density at radius 1 is 0.882 bits per heavy atom. The van der Waals surface area contributed by atoms with E-state index in [0.29, 0.717) is 0 Å². The zero-order valence-corrected chi connectivity index (χ0v) is 10.8. The first-order valence-corrected chi connectivity index (χ1v) is 6.95. The molecule has 2 aromatic rings. The van der Waals surface area contributed by atoms with Crippen molar-refractivity contribution in [3.8, 4) is 0 Å². The summed E-state index contributed by atoms with van der Waals surface area (Å²) in [5.74, 6) is 0. The van der Waals surface area contributed by atoms with Gasteiger partial charge < -0.3 is 0 Å². The van der Waals surface area contributed by atoms with Crippen molar-refractivity contribution in [2.24, 2.45) is 4.36 Å². The summed E-state index contributed by atoms with van der Waals surface area (Å²) < 4.78 is 17.0. The van der Waals surface area contributed by atoms with Crippen molar-refractivity contribution in [2.75, 3.05) is 7.05 Å². The second-order valence-electron chi connectivity index (χ2n) is 3.83. The quantitative estimate of drug-likeness (QED) is 0.796. The van der Waals surface area contributed by atoms with Crippen LogP contribution in [0.25, 0.3) is 0 Å². The Morgan fingerprint density at radius 3 is 1.94 bits per heavy atom. The Balaban J connectivity index is 2.62. The van der Waals surface area contributed by atoms with Gasteiger partial charge in [0.05, 0.1) is 9.79 Å². The van der Waals surface area contributed by atoms with E-state index in [1.807, 2.05) is 61.5 Å². The van der Waals surface area contributed by atoms with Crippen molar-refractivity contribution in [2.45, 2.75) is 16.7 Å². The highest BCUT2D eigenvalue weighted by atomic mass is 32.2. The monoisotopic (exact) mass is 245 g/mol. The lowest BCUT2D eigenvalue weighted by atomic mass is 10.2. The molecule has 2 rings (SSSR count). The fourth-order valence-corrected chi connectivity index (χ4v) is 3.40. The van der Waals surface area contributed by atoms with Crippen LogP contribution in [0.15, 0.2) is 68.8 Å². The molecule has 0 spiro atoms. The van der Waals surface area contributed by atoms with Gasteiger partial charge in [-0.3, -0.25) is 0 Å². The van der Waals surface area contributed by atoms with E-state index in [-0.39, 0.29) is 0 Å². The van der Waals surface area contributed by atoms with E-state index in [1.165, 1.54) is 0 Å². The highest BCUT2D eigenvalue weighted by Gasteiger charge is 2.13. The summed E-state index contributed by atoms with van der Waals surface area (Å²) in [7, 11) is -0.870. The molecule has 0 aliphatic rings. The Labute approximate surface area is 102 Å². The molecule has 0 aliphatic carbocycles. The lowest BCUT2D eigenvalue weighted by molar-refractivity contribution is 0.676. The van der Waals surface area contributed by atoms with Gasteiger partial charge in [-0.1, -0.05) is 35.9 Å². The summed E-state index contributed by atoms with van der Waals surface area (Å²) in [4.78, 5) is 1.52. The van der Waals surface area contributed by atoms with E-state index >= 15 is 0 Å². The molecule has 0 radical (unpaired) electrons. The first kappa shape index (κ1) is 11.9. The minimum Gasteiger partial charge on any atom is -0.240 e. The molecule has 1 atom stereocenters. The minimum absolute atomic E-state index is 0.756. The van der Waals surface area contributed by atoms with E-state index < -0.39 is 9.73 Å². The van der Waals surface area contributed by atoms with Crippen LogP contribution in [0.3, 0.4) is 0 Å². The number of hydrogen-bond acceptors (Lipinski definition) is 2. The maximum Gasteiger partial charge on any atom is 0.104 e. The molecule has 0 aromatic heterocycles. The van der Waals surface area contributed by atoms with Crippen LogP contribution in [0.4, 0.5) is 0 Å². The van der Waals surface area contributed by atoms with E-state index in [2.05, 4.69) is 4.36 Å². The number of nitrogens with zero attached hydrogens (tertiary/aromatic N) is 1. The zero-order valence-electron chi connectivity index (χ0n) is 9.96. The van der Waals surface area contributed by atoms with Crippen molar-refractivity contribution in [3.63, 3.8) is 0 Å². The topological polar surface area (TPSA) is 29.4 Å². The average molecular weight is 245 g/mol. The van der Waals surface area contributed by atoms with Gasteiger partial charge in [0, 0.05) is 7.05 Å². The summed E-state index contributed by atoms with van der Waals surface area (Å²) in [6.07, 6.45) is 0. The molecule has 0 bridgehead atoms. The highest BCUT2D eigenvalue weighted by Crippen LogP contribution is 2.23. The van der Waals surface area contributed by atoms with Crippen LogP contribution in [0.5, 0.6) is 0 Å². The average Bonchev–Trinajstić information content (AvgIpc) is 2.40. The van der Waals surface area contributed by atoms with Crippen LogP contribution in [0.2, 0.25) is 0 Å². The van der Waals surface area contributed by atoms with Gasteiger partial charge in [-0.15, -0.1) is 0 Å². The maximum atomic E-state index is 12.9. The van der Waals surface area contributed by atoms with Gasteiger partial charge in [0.25, 0.3) is 0 Å². The fourth-order valence-electron chi connectivity index (χ4n) is 1.67. The molecule has 0 heterocycles. The number of benzene rings is 2. The van der Waals surface area contributed by atoms with Gasteiger partial charge in [-0.05, 0) is 31.2 Å². The normalized spacial score (nSPS) is 14.0. The number of rotatable bonds is 2. The molecule has 0 N–H and O–H groups in total. The van der Waals surface area contributed by atoms with Gasteiger partial charge in [0.15, 0.2) is 0 Å². The van der Waals surface area contributed by atoms with Crippen LogP contribution in [0.1, 0.15) is 5.56 Å². The van der Waals surface area contributed by atoms with Crippen molar-refractivity contribution in [1.29, 1.82) is 0 Å². The molecule has 1 unspecified atom stereocenters. The first-order valence-electron chi connectivity index (χ1n) is 5.44. The van der Waals surface area contributed by atoms with Crippen LogP contribution in [-0.2, 0) is 9.73 Å². The summed E-state index contributed by atoms with van der Waals surface area (Å²) in [6, 6.07) is 17.1. The van der Waals surface area contributed by atoms with Crippen molar-refractivity contribution in [1.82, 2.24) is 0 Å². The summed E-state index contributed by atoms with van der Waals surface area (Å²) >= 11 is 0. The minimum atomic E-state index is -2.48. The third kappa shape index (κ3) is 2.24. The summed E-state index contributed by atoms with van der Waals surface area (Å²) in [6.45, 7) is 2.01. The molecular formula is C14H15NOS. The van der Waals surface area contributed by atoms with Crippen LogP contribution in [0, 0.1) is 6.92 Å². The SMILES string of the molecule is CN=S(=O)(c1ccccc1)c1ccc(C)cc1.